The Morgan fingerprint density at radius 1 is 1.27 bits per heavy atom. The number of benzene rings is 1. The van der Waals surface area contributed by atoms with Crippen molar-refractivity contribution in [3.05, 3.63) is 42.0 Å². The third-order valence-electron chi connectivity index (χ3n) is 4.97. The van der Waals surface area contributed by atoms with E-state index in [0.717, 1.165) is 25.1 Å². The topological polar surface area (TPSA) is 77.7 Å². The quantitative estimate of drug-likeness (QED) is 0.755. The highest BCUT2D eigenvalue weighted by molar-refractivity contribution is 5.77. The number of nitrogens with zero attached hydrogens (tertiary/aromatic N) is 3. The largest absolute Gasteiger partial charge is 0.484 e. The van der Waals surface area contributed by atoms with Crippen molar-refractivity contribution in [2.24, 2.45) is 0 Å². The van der Waals surface area contributed by atoms with Crippen molar-refractivity contribution >= 4 is 5.91 Å². The van der Waals surface area contributed by atoms with Crippen LogP contribution in [0.5, 0.6) is 5.75 Å². The number of likely N-dealkylation sites (tertiary alicyclic amines) is 1. The van der Waals surface area contributed by atoms with Crippen LogP contribution in [0.15, 0.2) is 34.9 Å². The number of rotatable bonds is 7. The first kappa shape index (κ1) is 18.4. The lowest BCUT2D eigenvalue weighted by Gasteiger charge is -2.39. The lowest BCUT2D eigenvalue weighted by Crippen LogP contribution is -2.47. The summed E-state index contributed by atoms with van der Waals surface area (Å²) in [5, 5.41) is 4.14. The van der Waals surface area contributed by atoms with E-state index < -0.39 is 0 Å². The molecule has 3 rings (SSSR count). The predicted octanol–water partition coefficient (Wildman–Crippen LogP) is 2.35. The summed E-state index contributed by atoms with van der Waals surface area (Å²) in [5.41, 5.74) is -0.204. The fraction of sp³-hybridized carbons (Fsp3) is 0.526. The number of hydrogen-bond donors (Lipinski definition) is 0. The zero-order chi connectivity index (χ0) is 18.4. The fourth-order valence-corrected chi connectivity index (χ4v) is 3.33. The number of para-hydroxylation sites is 1. The van der Waals surface area contributed by atoms with E-state index in [0.29, 0.717) is 31.3 Å². The molecule has 0 aliphatic carbocycles. The molecule has 0 radical (unpaired) electrons. The average molecular weight is 359 g/mol. The van der Waals surface area contributed by atoms with Crippen LogP contribution in [0.4, 0.5) is 0 Å². The van der Waals surface area contributed by atoms with Crippen molar-refractivity contribution < 1.29 is 18.8 Å². The minimum atomic E-state index is -0.204. The van der Waals surface area contributed by atoms with Crippen LogP contribution in [0.1, 0.15) is 31.0 Å². The maximum absolute atomic E-state index is 12.5. The molecule has 1 aliphatic heterocycles. The van der Waals surface area contributed by atoms with Crippen molar-refractivity contribution in [3.63, 3.8) is 0 Å². The van der Waals surface area contributed by atoms with Gasteiger partial charge in [-0.2, -0.15) is 4.98 Å². The smallest absolute Gasteiger partial charge is 0.260 e. The molecule has 0 unspecified atom stereocenters. The number of aryl methyl sites for hydroxylation is 1. The van der Waals surface area contributed by atoms with Gasteiger partial charge in [0.2, 0.25) is 5.89 Å². The molecular formula is C19H25N3O4. The average Bonchev–Trinajstić information content (AvgIpc) is 3.13. The highest BCUT2D eigenvalue weighted by Crippen LogP contribution is 2.37. The molecule has 1 aromatic heterocycles. The van der Waals surface area contributed by atoms with Gasteiger partial charge in [0.15, 0.2) is 12.4 Å². The maximum atomic E-state index is 12.5. The van der Waals surface area contributed by atoms with Crippen molar-refractivity contribution in [2.45, 2.75) is 31.6 Å². The lowest BCUT2D eigenvalue weighted by atomic mass is 9.75. The highest BCUT2D eigenvalue weighted by atomic mass is 16.5. The minimum Gasteiger partial charge on any atom is -0.484 e. The zero-order valence-corrected chi connectivity index (χ0v) is 15.3. The lowest BCUT2D eigenvalue weighted by molar-refractivity contribution is -0.135. The molecule has 7 nitrogen and oxygen atoms in total. The molecule has 0 bridgehead atoms. The molecule has 1 fully saturated rings. The summed E-state index contributed by atoms with van der Waals surface area (Å²) >= 11 is 0. The summed E-state index contributed by atoms with van der Waals surface area (Å²) in [6.07, 6.45) is 2.38. The van der Waals surface area contributed by atoms with Crippen LogP contribution in [-0.4, -0.2) is 54.4 Å². The Morgan fingerprint density at radius 3 is 2.62 bits per heavy atom. The number of methoxy groups -OCH3 is 1. The van der Waals surface area contributed by atoms with Crippen LogP contribution in [0, 0.1) is 6.92 Å². The van der Waals surface area contributed by atoms with Gasteiger partial charge >= 0.3 is 0 Å². The van der Waals surface area contributed by atoms with Crippen molar-refractivity contribution in [2.75, 3.05) is 33.4 Å². The van der Waals surface area contributed by atoms with Gasteiger partial charge in [-0.15, -0.1) is 0 Å². The Labute approximate surface area is 153 Å². The van der Waals surface area contributed by atoms with E-state index in [1.54, 1.807) is 14.0 Å². The zero-order valence-electron chi connectivity index (χ0n) is 15.3. The molecule has 0 atom stereocenters. The predicted molar refractivity (Wildman–Crippen MR) is 95.0 cm³/mol. The molecule has 1 saturated heterocycles. The van der Waals surface area contributed by atoms with Crippen molar-refractivity contribution in [3.8, 4) is 5.75 Å². The second kappa shape index (κ2) is 8.31. The Morgan fingerprint density at radius 2 is 2.00 bits per heavy atom. The number of carbonyl (C=O) groups is 1. The van der Waals surface area contributed by atoms with Gasteiger partial charge in [0, 0.05) is 39.1 Å². The molecule has 140 valence electrons. The van der Waals surface area contributed by atoms with Crippen LogP contribution in [-0.2, 0) is 14.9 Å². The summed E-state index contributed by atoms with van der Waals surface area (Å²) < 4.78 is 16.0. The first-order valence-corrected chi connectivity index (χ1v) is 8.88. The van der Waals surface area contributed by atoms with E-state index in [2.05, 4.69) is 10.1 Å². The molecule has 2 heterocycles. The number of carbonyl (C=O) groups excluding carboxylic acids is 1. The normalized spacial score (nSPS) is 16.5. The number of hydrogen-bond acceptors (Lipinski definition) is 6. The van der Waals surface area contributed by atoms with E-state index >= 15 is 0 Å². The molecule has 7 heteroatoms. The third kappa shape index (κ3) is 4.22. The molecule has 26 heavy (non-hydrogen) atoms. The van der Waals surface area contributed by atoms with Crippen molar-refractivity contribution in [1.82, 2.24) is 15.0 Å². The van der Waals surface area contributed by atoms with Gasteiger partial charge in [-0.3, -0.25) is 4.79 Å². The summed E-state index contributed by atoms with van der Waals surface area (Å²) in [6, 6.07) is 9.38. The van der Waals surface area contributed by atoms with E-state index in [4.69, 9.17) is 14.0 Å². The van der Waals surface area contributed by atoms with E-state index in [1.807, 2.05) is 35.2 Å². The molecule has 0 spiro atoms. The van der Waals surface area contributed by atoms with E-state index in [1.165, 1.54) is 0 Å². The summed E-state index contributed by atoms with van der Waals surface area (Å²) in [6.45, 7) is 3.76. The van der Waals surface area contributed by atoms with E-state index in [-0.39, 0.29) is 17.9 Å². The summed E-state index contributed by atoms with van der Waals surface area (Å²) in [4.78, 5) is 18.8. The Hall–Kier alpha value is -2.41. The Kier molecular flexibility index (Phi) is 5.88. The van der Waals surface area contributed by atoms with Crippen LogP contribution in [0.25, 0.3) is 0 Å². The first-order valence-electron chi connectivity index (χ1n) is 8.88. The molecule has 1 aliphatic rings. The molecular weight excluding hydrogens is 334 g/mol. The Balaban J connectivity index is 1.59. The minimum absolute atomic E-state index is 0.00140. The molecule has 1 aromatic carbocycles. The van der Waals surface area contributed by atoms with Gasteiger partial charge in [0.25, 0.3) is 5.91 Å². The van der Waals surface area contributed by atoms with Crippen LogP contribution in [0.3, 0.4) is 0 Å². The number of aromatic nitrogens is 2. The fourth-order valence-electron chi connectivity index (χ4n) is 3.33. The molecule has 2 aromatic rings. The molecule has 1 amide bonds. The van der Waals surface area contributed by atoms with E-state index in [9.17, 15) is 4.79 Å². The second-order valence-electron chi connectivity index (χ2n) is 6.64. The number of piperidine rings is 1. The van der Waals surface area contributed by atoms with Gasteiger partial charge in [-0.1, -0.05) is 23.4 Å². The number of amides is 1. The second-order valence-corrected chi connectivity index (χ2v) is 6.64. The SMILES string of the molecule is COCCC1(c2noc(C)n2)CCN(C(=O)COc2ccccc2)CC1. The Bertz CT molecular complexity index is 709. The summed E-state index contributed by atoms with van der Waals surface area (Å²) in [5.74, 6) is 1.99. The third-order valence-corrected chi connectivity index (χ3v) is 4.97. The van der Waals surface area contributed by atoms with Crippen LogP contribution in [0.2, 0.25) is 0 Å². The first-order chi connectivity index (χ1) is 12.6. The molecule has 0 saturated carbocycles. The van der Waals surface area contributed by atoms with Gasteiger partial charge < -0.3 is 18.9 Å². The van der Waals surface area contributed by atoms with Gasteiger partial charge in [-0.05, 0) is 31.4 Å². The highest BCUT2D eigenvalue weighted by Gasteiger charge is 2.40. The standard InChI is InChI=1S/C19H25N3O4/c1-15-20-18(21-26-15)19(10-13-24-2)8-11-22(12-9-19)17(23)14-25-16-6-4-3-5-7-16/h3-7H,8-14H2,1-2H3. The monoisotopic (exact) mass is 359 g/mol. The maximum Gasteiger partial charge on any atom is 0.260 e. The van der Waals surface area contributed by atoms with Gasteiger partial charge in [0.1, 0.15) is 5.75 Å². The summed E-state index contributed by atoms with van der Waals surface area (Å²) in [7, 11) is 1.69. The van der Waals surface area contributed by atoms with Crippen molar-refractivity contribution in [1.29, 1.82) is 0 Å². The van der Waals surface area contributed by atoms with Gasteiger partial charge in [0.05, 0.1) is 0 Å². The number of ether oxygens (including phenoxy) is 2. The van der Waals surface area contributed by atoms with Crippen LogP contribution >= 0.6 is 0 Å². The van der Waals surface area contributed by atoms with Crippen LogP contribution < -0.4 is 4.74 Å². The molecule has 0 N–H and O–H groups in total. The van der Waals surface area contributed by atoms with Gasteiger partial charge in [-0.25, -0.2) is 0 Å².